The van der Waals surface area contributed by atoms with Gasteiger partial charge in [0.25, 0.3) is 11.8 Å². The Labute approximate surface area is 167 Å². The fourth-order valence-corrected chi connectivity index (χ4v) is 3.43. The number of aromatic nitrogens is 5. The number of aryl methyl sites for hydroxylation is 2. The minimum atomic E-state index is -0.364. The van der Waals surface area contributed by atoms with Crippen molar-refractivity contribution in [1.29, 1.82) is 0 Å². The van der Waals surface area contributed by atoms with E-state index in [0.717, 1.165) is 5.69 Å². The van der Waals surface area contributed by atoms with Crippen molar-refractivity contribution in [1.82, 2.24) is 35.4 Å². The van der Waals surface area contributed by atoms with E-state index in [4.69, 9.17) is 0 Å². The van der Waals surface area contributed by atoms with Crippen LogP contribution in [-0.2, 0) is 0 Å². The van der Waals surface area contributed by atoms with Gasteiger partial charge in [0, 0.05) is 24.3 Å². The molecule has 2 amide bonds. The summed E-state index contributed by atoms with van der Waals surface area (Å²) in [7, 11) is 0. The SMILES string of the molecule is Cc1cnc(C(=O)N2C[C@@H](NC(=O)c3ccccc3)C[C@H]2c2n[nH]c(C)n2)cn1. The minimum Gasteiger partial charge on any atom is -0.347 e. The maximum absolute atomic E-state index is 13.1. The Kier molecular flexibility index (Phi) is 5.03. The Balaban J connectivity index is 1.57. The van der Waals surface area contributed by atoms with Crippen LogP contribution >= 0.6 is 0 Å². The first-order valence-electron chi connectivity index (χ1n) is 9.35. The molecule has 0 radical (unpaired) electrons. The van der Waals surface area contributed by atoms with Crippen LogP contribution in [0.15, 0.2) is 42.7 Å². The van der Waals surface area contributed by atoms with E-state index in [-0.39, 0.29) is 29.6 Å². The number of aromatic amines is 1. The molecule has 148 valence electrons. The van der Waals surface area contributed by atoms with Crippen molar-refractivity contribution in [2.45, 2.75) is 32.4 Å². The van der Waals surface area contributed by atoms with E-state index in [0.29, 0.717) is 30.2 Å². The molecule has 1 saturated heterocycles. The van der Waals surface area contributed by atoms with Crippen molar-refractivity contribution in [3.63, 3.8) is 0 Å². The molecule has 3 heterocycles. The molecule has 1 fully saturated rings. The second-order valence-electron chi connectivity index (χ2n) is 7.07. The number of carbonyl (C=O) groups is 2. The molecule has 0 unspecified atom stereocenters. The largest absolute Gasteiger partial charge is 0.347 e. The molecular weight excluding hydrogens is 370 g/mol. The number of H-pyrrole nitrogens is 1. The van der Waals surface area contributed by atoms with Crippen LogP contribution in [0.3, 0.4) is 0 Å². The number of hydrogen-bond donors (Lipinski definition) is 2. The van der Waals surface area contributed by atoms with Gasteiger partial charge < -0.3 is 10.2 Å². The topological polar surface area (TPSA) is 117 Å². The maximum Gasteiger partial charge on any atom is 0.274 e. The third kappa shape index (κ3) is 3.98. The highest BCUT2D eigenvalue weighted by Crippen LogP contribution is 2.31. The summed E-state index contributed by atoms with van der Waals surface area (Å²) in [5.74, 6) is 0.748. The molecule has 4 rings (SSSR count). The van der Waals surface area contributed by atoms with Gasteiger partial charge in [0.2, 0.25) is 0 Å². The fourth-order valence-electron chi connectivity index (χ4n) is 3.43. The van der Waals surface area contributed by atoms with Gasteiger partial charge in [-0.25, -0.2) is 9.97 Å². The fraction of sp³-hybridized carbons (Fsp3) is 0.300. The Morgan fingerprint density at radius 1 is 1.14 bits per heavy atom. The second kappa shape index (κ2) is 7.78. The van der Waals surface area contributed by atoms with Crippen molar-refractivity contribution in [3.05, 3.63) is 71.3 Å². The molecule has 29 heavy (non-hydrogen) atoms. The van der Waals surface area contributed by atoms with E-state index >= 15 is 0 Å². The highest BCUT2D eigenvalue weighted by Gasteiger charge is 2.40. The van der Waals surface area contributed by atoms with Gasteiger partial charge in [0.15, 0.2) is 5.82 Å². The Hall–Kier alpha value is -3.62. The third-order valence-electron chi connectivity index (χ3n) is 4.85. The first-order valence-corrected chi connectivity index (χ1v) is 9.35. The van der Waals surface area contributed by atoms with Gasteiger partial charge in [-0.3, -0.25) is 19.7 Å². The van der Waals surface area contributed by atoms with Gasteiger partial charge in [-0.15, -0.1) is 0 Å². The average molecular weight is 391 g/mol. The molecule has 2 aromatic heterocycles. The molecule has 0 bridgehead atoms. The van der Waals surface area contributed by atoms with Crippen molar-refractivity contribution < 1.29 is 9.59 Å². The lowest BCUT2D eigenvalue weighted by atomic mass is 10.1. The summed E-state index contributed by atoms with van der Waals surface area (Å²) in [5.41, 5.74) is 1.56. The average Bonchev–Trinajstić information content (AvgIpc) is 3.35. The highest BCUT2D eigenvalue weighted by molar-refractivity contribution is 5.95. The maximum atomic E-state index is 13.1. The first-order chi connectivity index (χ1) is 14.0. The van der Waals surface area contributed by atoms with Crippen LogP contribution in [0.4, 0.5) is 0 Å². The molecule has 1 aliphatic heterocycles. The van der Waals surface area contributed by atoms with Crippen LogP contribution in [0.2, 0.25) is 0 Å². The standard InChI is InChI=1S/C20H21N7O2/c1-12-9-22-16(10-21-12)20(29)27-11-15(8-17(27)18-23-13(2)25-26-18)24-19(28)14-6-4-3-5-7-14/h3-7,9-10,15,17H,8,11H2,1-2H3,(H,24,28)(H,23,25,26)/t15-,17-/m0/s1. The number of rotatable bonds is 4. The zero-order valence-corrected chi connectivity index (χ0v) is 16.2. The molecular formula is C20H21N7O2. The number of nitrogens with zero attached hydrogens (tertiary/aromatic N) is 5. The number of amides is 2. The second-order valence-corrected chi connectivity index (χ2v) is 7.07. The van der Waals surface area contributed by atoms with Crippen LogP contribution in [0.1, 0.15) is 50.7 Å². The number of benzene rings is 1. The van der Waals surface area contributed by atoms with Crippen molar-refractivity contribution in [2.75, 3.05) is 6.54 Å². The molecule has 0 aliphatic carbocycles. The number of nitrogens with one attached hydrogen (secondary N) is 2. The van der Waals surface area contributed by atoms with Gasteiger partial charge >= 0.3 is 0 Å². The van der Waals surface area contributed by atoms with Crippen molar-refractivity contribution >= 4 is 11.8 Å². The number of carbonyl (C=O) groups excluding carboxylic acids is 2. The molecule has 0 saturated carbocycles. The first kappa shape index (κ1) is 18.7. The predicted octanol–water partition coefficient (Wildman–Crippen LogP) is 1.60. The van der Waals surface area contributed by atoms with E-state index in [2.05, 4.69) is 30.5 Å². The van der Waals surface area contributed by atoms with Crippen molar-refractivity contribution in [3.8, 4) is 0 Å². The van der Waals surface area contributed by atoms with Gasteiger partial charge in [-0.05, 0) is 32.4 Å². The zero-order chi connectivity index (χ0) is 20.4. The summed E-state index contributed by atoms with van der Waals surface area (Å²) in [6, 6.07) is 8.40. The smallest absolute Gasteiger partial charge is 0.274 e. The lowest BCUT2D eigenvalue weighted by molar-refractivity contribution is 0.0718. The van der Waals surface area contributed by atoms with E-state index in [9.17, 15) is 9.59 Å². The Morgan fingerprint density at radius 2 is 1.93 bits per heavy atom. The molecule has 9 nitrogen and oxygen atoms in total. The predicted molar refractivity (Wildman–Crippen MR) is 104 cm³/mol. The van der Waals surface area contributed by atoms with Crippen LogP contribution in [0.5, 0.6) is 0 Å². The van der Waals surface area contributed by atoms with E-state index in [1.807, 2.05) is 25.1 Å². The summed E-state index contributed by atoms with van der Waals surface area (Å²) in [4.78, 5) is 40.1. The van der Waals surface area contributed by atoms with Gasteiger partial charge in [-0.2, -0.15) is 5.10 Å². The summed E-state index contributed by atoms with van der Waals surface area (Å²) < 4.78 is 0. The van der Waals surface area contributed by atoms with Gasteiger partial charge in [0.05, 0.1) is 17.9 Å². The lowest BCUT2D eigenvalue weighted by Gasteiger charge is -2.21. The molecule has 0 spiro atoms. The highest BCUT2D eigenvalue weighted by atomic mass is 16.2. The molecule has 3 aromatic rings. The zero-order valence-electron chi connectivity index (χ0n) is 16.2. The molecule has 1 aromatic carbocycles. The van der Waals surface area contributed by atoms with E-state index in [1.54, 1.807) is 30.2 Å². The number of likely N-dealkylation sites (tertiary alicyclic amines) is 1. The van der Waals surface area contributed by atoms with E-state index < -0.39 is 0 Å². The number of hydrogen-bond acceptors (Lipinski definition) is 6. The summed E-state index contributed by atoms with van der Waals surface area (Å²) in [6.45, 7) is 3.95. The van der Waals surface area contributed by atoms with Crippen LogP contribution in [0.25, 0.3) is 0 Å². The van der Waals surface area contributed by atoms with Gasteiger partial charge in [-0.1, -0.05) is 18.2 Å². The van der Waals surface area contributed by atoms with Crippen LogP contribution in [-0.4, -0.2) is 54.5 Å². The summed E-state index contributed by atoms with van der Waals surface area (Å²) in [6.07, 6.45) is 3.54. The van der Waals surface area contributed by atoms with E-state index in [1.165, 1.54) is 6.20 Å². The molecule has 2 N–H and O–H groups in total. The summed E-state index contributed by atoms with van der Waals surface area (Å²) >= 11 is 0. The quantitative estimate of drug-likeness (QED) is 0.698. The lowest BCUT2D eigenvalue weighted by Crippen LogP contribution is -2.39. The molecule has 2 atom stereocenters. The monoisotopic (exact) mass is 391 g/mol. The normalized spacial score (nSPS) is 18.6. The van der Waals surface area contributed by atoms with Gasteiger partial charge in [0.1, 0.15) is 11.5 Å². The van der Waals surface area contributed by atoms with Crippen LogP contribution in [0, 0.1) is 13.8 Å². The molecule has 1 aliphatic rings. The Morgan fingerprint density at radius 3 is 2.59 bits per heavy atom. The summed E-state index contributed by atoms with van der Waals surface area (Å²) in [5, 5.41) is 10.1. The Bertz CT molecular complexity index is 1020. The minimum absolute atomic E-state index is 0.176. The van der Waals surface area contributed by atoms with Crippen LogP contribution < -0.4 is 5.32 Å². The third-order valence-corrected chi connectivity index (χ3v) is 4.85. The van der Waals surface area contributed by atoms with Crippen molar-refractivity contribution in [2.24, 2.45) is 0 Å². The molecule has 9 heteroatoms.